The third-order valence-electron chi connectivity index (χ3n) is 5.80. The molecule has 36 heavy (non-hydrogen) atoms. The van der Waals surface area contributed by atoms with Crippen molar-refractivity contribution in [3.63, 3.8) is 0 Å². The highest BCUT2D eigenvalue weighted by atomic mass is 32.2. The summed E-state index contributed by atoms with van der Waals surface area (Å²) in [5, 5.41) is 11.6. The summed E-state index contributed by atoms with van der Waals surface area (Å²) in [5.74, 6) is 1.86. The molecule has 190 valence electrons. The van der Waals surface area contributed by atoms with E-state index < -0.39 is 11.7 Å². The van der Waals surface area contributed by atoms with Crippen LogP contribution in [0.1, 0.15) is 29.8 Å². The minimum atomic E-state index is -4.49. The summed E-state index contributed by atoms with van der Waals surface area (Å²) in [6, 6.07) is 10.2. The summed E-state index contributed by atoms with van der Waals surface area (Å²) in [5.41, 5.74) is 0.232. The average molecular weight is 521 g/mol. The monoisotopic (exact) mass is 520 g/mol. The number of ether oxygens (including phenoxy) is 3. The van der Waals surface area contributed by atoms with Crippen molar-refractivity contribution in [2.75, 3.05) is 19.2 Å². The molecule has 1 unspecified atom stereocenters. The molecule has 2 aliphatic rings. The van der Waals surface area contributed by atoms with Crippen LogP contribution in [0, 0.1) is 0 Å². The van der Waals surface area contributed by atoms with Crippen LogP contribution < -0.4 is 14.8 Å². The maximum Gasteiger partial charge on any atom is 0.416 e. The van der Waals surface area contributed by atoms with Gasteiger partial charge in [-0.25, -0.2) is 0 Å². The van der Waals surface area contributed by atoms with E-state index >= 15 is 0 Å². The fraction of sp³-hybridized carbons (Fsp3) is 0.375. The first-order valence-corrected chi connectivity index (χ1v) is 12.4. The lowest BCUT2D eigenvalue weighted by Gasteiger charge is -2.14. The SMILES string of the molecule is O=C(Cc1ccc2c(c1)OCO2)NCc1nnc(SCC2CCCO2)n1-c1cccc(C(F)(F)F)c1. The third kappa shape index (κ3) is 5.59. The Balaban J connectivity index is 1.33. The second-order valence-corrected chi connectivity index (χ2v) is 9.36. The highest BCUT2D eigenvalue weighted by molar-refractivity contribution is 7.99. The minimum absolute atomic E-state index is 0.00683. The topological polar surface area (TPSA) is 87.5 Å². The molecule has 0 radical (unpaired) electrons. The van der Waals surface area contributed by atoms with E-state index in [-0.39, 0.29) is 37.5 Å². The van der Waals surface area contributed by atoms with Gasteiger partial charge in [0.15, 0.2) is 22.5 Å². The summed E-state index contributed by atoms with van der Waals surface area (Å²) in [7, 11) is 0. The summed E-state index contributed by atoms with van der Waals surface area (Å²) in [6.45, 7) is 0.836. The number of aromatic nitrogens is 3. The number of carbonyl (C=O) groups excluding carboxylic acids is 1. The molecule has 1 fully saturated rings. The fourth-order valence-corrected chi connectivity index (χ4v) is 5.04. The Labute approximate surface area is 209 Å². The van der Waals surface area contributed by atoms with Crippen molar-refractivity contribution in [2.24, 2.45) is 0 Å². The largest absolute Gasteiger partial charge is 0.454 e. The Kier molecular flexibility index (Phi) is 7.06. The van der Waals surface area contributed by atoms with Crippen LogP contribution in [-0.4, -0.2) is 45.9 Å². The molecular formula is C24H23F3N4O4S. The number of carbonyl (C=O) groups is 1. The predicted molar refractivity (Wildman–Crippen MR) is 124 cm³/mol. The standard InChI is InChI=1S/C24H23F3N4O4S/c25-24(26,27)16-3-1-4-17(11-16)31-21(29-30-23(31)36-13-18-5-2-8-33-18)12-28-22(32)10-15-6-7-19-20(9-15)35-14-34-19/h1,3-4,6-7,9,11,18H,2,5,8,10,12-14H2,(H,28,32). The number of hydrogen-bond donors (Lipinski definition) is 1. The number of nitrogens with one attached hydrogen (secondary N) is 1. The molecule has 2 aromatic carbocycles. The number of alkyl halides is 3. The van der Waals surface area contributed by atoms with Crippen molar-refractivity contribution in [3.05, 3.63) is 59.4 Å². The van der Waals surface area contributed by atoms with E-state index in [9.17, 15) is 18.0 Å². The van der Waals surface area contributed by atoms with Crippen molar-refractivity contribution < 1.29 is 32.2 Å². The summed E-state index contributed by atoms with van der Waals surface area (Å²) >= 11 is 1.37. The number of thioether (sulfide) groups is 1. The van der Waals surface area contributed by atoms with Crippen LogP contribution in [-0.2, 0) is 28.7 Å². The Hall–Kier alpha value is -3.25. The van der Waals surface area contributed by atoms with Gasteiger partial charge in [0.2, 0.25) is 12.7 Å². The highest BCUT2D eigenvalue weighted by Crippen LogP contribution is 2.33. The first kappa shape index (κ1) is 24.4. The van der Waals surface area contributed by atoms with Crippen molar-refractivity contribution in [2.45, 2.75) is 43.2 Å². The molecule has 0 aliphatic carbocycles. The zero-order chi connectivity index (χ0) is 25.1. The van der Waals surface area contributed by atoms with Gasteiger partial charge in [-0.15, -0.1) is 10.2 Å². The zero-order valence-corrected chi connectivity index (χ0v) is 19.9. The van der Waals surface area contributed by atoms with E-state index in [2.05, 4.69) is 15.5 Å². The average Bonchev–Trinajstić information content (AvgIpc) is 3.61. The van der Waals surface area contributed by atoms with E-state index in [1.807, 2.05) is 0 Å². The number of amides is 1. The Morgan fingerprint density at radius 1 is 1.14 bits per heavy atom. The van der Waals surface area contributed by atoms with Crippen LogP contribution in [0.3, 0.4) is 0 Å². The molecule has 5 rings (SSSR count). The van der Waals surface area contributed by atoms with Crippen molar-refractivity contribution in [1.82, 2.24) is 20.1 Å². The maximum atomic E-state index is 13.4. The van der Waals surface area contributed by atoms with Gasteiger partial charge in [-0.3, -0.25) is 9.36 Å². The van der Waals surface area contributed by atoms with Gasteiger partial charge in [-0.2, -0.15) is 13.2 Å². The quantitative estimate of drug-likeness (QED) is 0.447. The van der Waals surface area contributed by atoms with Crippen LogP contribution in [0.25, 0.3) is 5.69 Å². The van der Waals surface area contributed by atoms with Gasteiger partial charge in [0, 0.05) is 12.4 Å². The molecular weight excluding hydrogens is 497 g/mol. The molecule has 8 nitrogen and oxygen atoms in total. The Morgan fingerprint density at radius 2 is 2.00 bits per heavy atom. The lowest BCUT2D eigenvalue weighted by molar-refractivity contribution is -0.137. The normalized spacial score (nSPS) is 16.9. The number of hydrogen-bond acceptors (Lipinski definition) is 7. The summed E-state index contributed by atoms with van der Waals surface area (Å²) in [6.07, 6.45) is -2.44. The molecule has 1 amide bonds. The maximum absolute atomic E-state index is 13.4. The van der Waals surface area contributed by atoms with Gasteiger partial charge in [0.1, 0.15) is 0 Å². The summed E-state index contributed by atoms with van der Waals surface area (Å²) < 4.78 is 57.9. The van der Waals surface area contributed by atoms with Gasteiger partial charge in [0.05, 0.1) is 30.3 Å². The molecule has 1 atom stereocenters. The molecule has 1 N–H and O–H groups in total. The van der Waals surface area contributed by atoms with Crippen molar-refractivity contribution >= 4 is 17.7 Å². The van der Waals surface area contributed by atoms with Crippen LogP contribution in [0.5, 0.6) is 11.5 Å². The van der Waals surface area contributed by atoms with Crippen molar-refractivity contribution in [3.8, 4) is 17.2 Å². The number of nitrogens with zero attached hydrogens (tertiary/aromatic N) is 3. The fourth-order valence-electron chi connectivity index (χ4n) is 4.01. The number of benzene rings is 2. The van der Waals surface area contributed by atoms with Gasteiger partial charge in [-0.05, 0) is 48.7 Å². The molecule has 0 saturated carbocycles. The highest BCUT2D eigenvalue weighted by Gasteiger charge is 2.31. The predicted octanol–water partition coefficient (Wildman–Crippen LogP) is 4.14. The van der Waals surface area contributed by atoms with Crippen LogP contribution in [0.15, 0.2) is 47.6 Å². The molecule has 0 spiro atoms. The Bertz CT molecular complexity index is 1240. The molecule has 3 heterocycles. The van der Waals surface area contributed by atoms with Gasteiger partial charge in [0.25, 0.3) is 0 Å². The number of halogens is 3. The van der Waals surface area contributed by atoms with Gasteiger partial charge < -0.3 is 19.5 Å². The van der Waals surface area contributed by atoms with E-state index in [0.717, 1.165) is 30.5 Å². The van der Waals surface area contributed by atoms with Crippen LogP contribution in [0.4, 0.5) is 13.2 Å². The molecule has 12 heteroatoms. The zero-order valence-electron chi connectivity index (χ0n) is 19.1. The number of fused-ring (bicyclic) bond motifs is 1. The van der Waals surface area contributed by atoms with Crippen LogP contribution in [0.2, 0.25) is 0 Å². The molecule has 1 saturated heterocycles. The minimum Gasteiger partial charge on any atom is -0.454 e. The van der Waals surface area contributed by atoms with Gasteiger partial charge in [-0.1, -0.05) is 23.9 Å². The third-order valence-corrected chi connectivity index (χ3v) is 6.86. The van der Waals surface area contributed by atoms with E-state index in [0.29, 0.717) is 34.8 Å². The van der Waals surface area contributed by atoms with E-state index in [4.69, 9.17) is 14.2 Å². The van der Waals surface area contributed by atoms with Gasteiger partial charge >= 0.3 is 6.18 Å². The smallest absolute Gasteiger partial charge is 0.416 e. The molecule has 0 bridgehead atoms. The lowest BCUT2D eigenvalue weighted by Crippen LogP contribution is -2.26. The van der Waals surface area contributed by atoms with E-state index in [1.165, 1.54) is 17.8 Å². The lowest BCUT2D eigenvalue weighted by atomic mass is 10.1. The van der Waals surface area contributed by atoms with Crippen molar-refractivity contribution in [1.29, 1.82) is 0 Å². The summed E-state index contributed by atoms with van der Waals surface area (Å²) in [4.78, 5) is 12.6. The molecule has 3 aromatic rings. The Morgan fingerprint density at radius 3 is 2.81 bits per heavy atom. The molecule has 1 aromatic heterocycles. The second kappa shape index (κ2) is 10.4. The first-order valence-electron chi connectivity index (χ1n) is 11.4. The molecule has 2 aliphatic heterocycles. The van der Waals surface area contributed by atoms with Crippen LogP contribution >= 0.6 is 11.8 Å². The second-order valence-electron chi connectivity index (χ2n) is 8.37. The number of rotatable bonds is 8. The van der Waals surface area contributed by atoms with E-state index in [1.54, 1.807) is 28.8 Å². The first-order chi connectivity index (χ1) is 17.4.